The van der Waals surface area contributed by atoms with Gasteiger partial charge in [0, 0.05) is 18.6 Å². The minimum Gasteiger partial charge on any atom is -0.444 e. The second-order valence-corrected chi connectivity index (χ2v) is 6.42. The Hall–Kier alpha value is -0.910. The van der Waals surface area contributed by atoms with Crippen LogP contribution in [0.25, 0.3) is 0 Å². The van der Waals surface area contributed by atoms with Crippen LogP contribution in [0.15, 0.2) is 0 Å². The van der Waals surface area contributed by atoms with Crippen LogP contribution in [0.2, 0.25) is 0 Å². The summed E-state index contributed by atoms with van der Waals surface area (Å²) in [6.45, 7) is 8.01. The number of likely N-dealkylation sites (N-methyl/N-ethyl adjacent to an activating group) is 1. The lowest BCUT2D eigenvalue weighted by molar-refractivity contribution is 0.0214. The Kier molecular flexibility index (Phi) is 4.76. The first-order valence-corrected chi connectivity index (χ1v) is 6.51. The third-order valence-corrected chi connectivity index (χ3v) is 3.44. The van der Waals surface area contributed by atoms with Crippen molar-refractivity contribution in [3.05, 3.63) is 0 Å². The summed E-state index contributed by atoms with van der Waals surface area (Å²) in [4.78, 5) is 15.1. The summed E-state index contributed by atoms with van der Waals surface area (Å²) in [5.74, 6) is 0. The van der Waals surface area contributed by atoms with Gasteiger partial charge in [0.05, 0.1) is 6.54 Å². The number of halogens is 2. The van der Waals surface area contributed by atoms with Gasteiger partial charge in [-0.15, -0.1) is 0 Å². The van der Waals surface area contributed by atoms with Crippen molar-refractivity contribution in [3.8, 4) is 0 Å². The number of carbonyl (C=O) groups excluding carboxylic acids is 1. The molecule has 1 aliphatic heterocycles. The molecule has 6 heteroatoms. The van der Waals surface area contributed by atoms with Gasteiger partial charge in [0.15, 0.2) is 0 Å². The highest BCUT2D eigenvalue weighted by Gasteiger charge is 2.41. The lowest BCUT2D eigenvalue weighted by atomic mass is 10.00. The lowest BCUT2D eigenvalue weighted by Crippen LogP contribution is -2.48. The highest BCUT2D eigenvalue weighted by Crippen LogP contribution is 2.28. The van der Waals surface area contributed by atoms with Gasteiger partial charge in [-0.2, -0.15) is 0 Å². The number of hydrogen-bond donors (Lipinski definition) is 0. The Labute approximate surface area is 113 Å². The van der Waals surface area contributed by atoms with Gasteiger partial charge in [-0.05, 0) is 41.2 Å². The molecule has 0 unspecified atom stereocenters. The molecule has 0 aliphatic carbocycles. The largest absolute Gasteiger partial charge is 0.444 e. The van der Waals surface area contributed by atoms with Crippen LogP contribution in [-0.4, -0.2) is 60.1 Å². The molecule has 0 aromatic rings. The van der Waals surface area contributed by atoms with Crippen LogP contribution in [0.5, 0.6) is 0 Å². The Balaban J connectivity index is 2.59. The third-order valence-electron chi connectivity index (χ3n) is 3.44. The minimum absolute atomic E-state index is 0.279. The molecule has 0 spiro atoms. The first kappa shape index (κ1) is 16.1. The van der Waals surface area contributed by atoms with Gasteiger partial charge in [-0.1, -0.05) is 0 Å². The van der Waals surface area contributed by atoms with E-state index in [4.69, 9.17) is 4.74 Å². The average Bonchev–Trinajstić information content (AvgIpc) is 2.59. The molecule has 1 aliphatic rings. The van der Waals surface area contributed by atoms with Crippen molar-refractivity contribution < 1.29 is 18.3 Å². The molecule has 112 valence electrons. The van der Waals surface area contributed by atoms with Crippen LogP contribution < -0.4 is 0 Å². The number of alkyl halides is 2. The minimum atomic E-state index is -2.36. The maximum Gasteiger partial charge on any atom is 0.410 e. The van der Waals surface area contributed by atoms with Crippen molar-refractivity contribution in [2.45, 2.75) is 51.7 Å². The number of carbonyl (C=O) groups is 1. The third kappa shape index (κ3) is 4.60. The van der Waals surface area contributed by atoms with Gasteiger partial charge in [-0.3, -0.25) is 4.90 Å². The number of likely N-dealkylation sites (tertiary alicyclic amines) is 1. The first-order chi connectivity index (χ1) is 8.53. The number of nitrogens with zero attached hydrogens (tertiary/aromatic N) is 2. The maximum atomic E-state index is 12.4. The van der Waals surface area contributed by atoms with Gasteiger partial charge in [0.1, 0.15) is 5.60 Å². The zero-order valence-electron chi connectivity index (χ0n) is 12.4. The Morgan fingerprint density at radius 3 is 2.53 bits per heavy atom. The summed E-state index contributed by atoms with van der Waals surface area (Å²) in [7, 11) is 1.67. The van der Waals surface area contributed by atoms with E-state index < -0.39 is 17.6 Å². The van der Waals surface area contributed by atoms with Crippen molar-refractivity contribution in [2.75, 3.05) is 26.7 Å². The monoisotopic (exact) mass is 278 g/mol. The summed E-state index contributed by atoms with van der Waals surface area (Å²) < 4.78 is 30.2. The molecule has 1 atom stereocenters. The fourth-order valence-electron chi connectivity index (χ4n) is 2.17. The van der Waals surface area contributed by atoms with Crippen molar-refractivity contribution in [3.63, 3.8) is 0 Å². The van der Waals surface area contributed by atoms with Crippen molar-refractivity contribution in [1.29, 1.82) is 0 Å². The van der Waals surface area contributed by atoms with E-state index in [-0.39, 0.29) is 12.6 Å². The van der Waals surface area contributed by atoms with E-state index in [0.29, 0.717) is 19.5 Å². The topological polar surface area (TPSA) is 32.8 Å². The van der Waals surface area contributed by atoms with Crippen LogP contribution in [0, 0.1) is 0 Å². The van der Waals surface area contributed by atoms with Crippen molar-refractivity contribution in [2.24, 2.45) is 0 Å². The molecule has 4 nitrogen and oxygen atoms in total. The van der Waals surface area contributed by atoms with Gasteiger partial charge < -0.3 is 9.64 Å². The molecule has 1 saturated heterocycles. The smallest absolute Gasteiger partial charge is 0.410 e. The van der Waals surface area contributed by atoms with Gasteiger partial charge in [0.2, 0.25) is 0 Å². The SMILES string of the molecule is CN(CC(F)F)[C@]1(C)CCN(C(=O)OC(C)(C)C)C1. The van der Waals surface area contributed by atoms with Crippen LogP contribution >= 0.6 is 0 Å². The molecule has 0 N–H and O–H groups in total. The van der Waals surface area contributed by atoms with Gasteiger partial charge in [-0.25, -0.2) is 13.6 Å². The Morgan fingerprint density at radius 1 is 1.47 bits per heavy atom. The highest BCUT2D eigenvalue weighted by molar-refractivity contribution is 5.68. The zero-order valence-corrected chi connectivity index (χ0v) is 12.4. The quantitative estimate of drug-likeness (QED) is 0.795. The molecule has 0 saturated carbocycles. The maximum absolute atomic E-state index is 12.4. The predicted octanol–water partition coefficient (Wildman–Crippen LogP) is 2.58. The molecule has 0 radical (unpaired) electrons. The average molecular weight is 278 g/mol. The molecule has 1 amide bonds. The van der Waals surface area contributed by atoms with Crippen LogP contribution in [0.3, 0.4) is 0 Å². The zero-order chi connectivity index (χ0) is 14.8. The fraction of sp³-hybridized carbons (Fsp3) is 0.923. The summed E-state index contributed by atoms with van der Waals surface area (Å²) >= 11 is 0. The number of amides is 1. The van der Waals surface area contributed by atoms with Gasteiger partial charge in [0.25, 0.3) is 6.43 Å². The van der Waals surface area contributed by atoms with E-state index in [1.807, 2.05) is 27.7 Å². The predicted molar refractivity (Wildman–Crippen MR) is 69.5 cm³/mol. The van der Waals surface area contributed by atoms with E-state index in [2.05, 4.69) is 0 Å². The Bertz CT molecular complexity index is 331. The lowest BCUT2D eigenvalue weighted by Gasteiger charge is -2.35. The Morgan fingerprint density at radius 2 is 2.05 bits per heavy atom. The summed E-state index contributed by atoms with van der Waals surface area (Å²) in [6, 6.07) is 0. The van der Waals surface area contributed by atoms with Gasteiger partial charge >= 0.3 is 6.09 Å². The van der Waals surface area contributed by atoms with E-state index in [9.17, 15) is 13.6 Å². The molecular weight excluding hydrogens is 254 g/mol. The second-order valence-electron chi connectivity index (χ2n) is 6.42. The number of rotatable bonds is 3. The van der Waals surface area contributed by atoms with Crippen LogP contribution in [-0.2, 0) is 4.74 Å². The van der Waals surface area contributed by atoms with Crippen LogP contribution in [0.4, 0.5) is 13.6 Å². The summed E-state index contributed by atoms with van der Waals surface area (Å²) in [5, 5.41) is 0. The molecule has 1 rings (SSSR count). The van der Waals surface area contributed by atoms with E-state index in [1.165, 1.54) is 0 Å². The van der Waals surface area contributed by atoms with Crippen molar-refractivity contribution in [1.82, 2.24) is 9.80 Å². The fourth-order valence-corrected chi connectivity index (χ4v) is 2.17. The molecule has 19 heavy (non-hydrogen) atoms. The summed E-state index contributed by atoms with van der Waals surface area (Å²) in [5.41, 5.74) is -0.946. The highest BCUT2D eigenvalue weighted by atomic mass is 19.3. The molecule has 1 heterocycles. The molecule has 0 bridgehead atoms. The second kappa shape index (κ2) is 5.61. The standard InChI is InChI=1S/C13H24F2N2O2/c1-12(2,3)19-11(18)17-7-6-13(4,9-17)16(5)8-10(14)15/h10H,6-9H2,1-5H3/t13-/m1/s1. The molecule has 0 aromatic carbocycles. The normalized spacial score (nSPS) is 24.4. The number of hydrogen-bond acceptors (Lipinski definition) is 3. The molecule has 0 aromatic heterocycles. The van der Waals surface area contributed by atoms with Crippen LogP contribution in [0.1, 0.15) is 34.1 Å². The van der Waals surface area contributed by atoms with E-state index in [1.54, 1.807) is 16.8 Å². The summed E-state index contributed by atoms with van der Waals surface area (Å²) in [6.07, 6.45) is -2.06. The number of ether oxygens (including phenoxy) is 1. The molecular formula is C13H24F2N2O2. The van der Waals surface area contributed by atoms with Crippen molar-refractivity contribution >= 4 is 6.09 Å². The first-order valence-electron chi connectivity index (χ1n) is 6.51. The van der Waals surface area contributed by atoms with E-state index in [0.717, 1.165) is 0 Å². The van der Waals surface area contributed by atoms with E-state index >= 15 is 0 Å². The molecule has 1 fully saturated rings.